The van der Waals surface area contributed by atoms with Crippen LogP contribution in [0.3, 0.4) is 0 Å². The van der Waals surface area contributed by atoms with Crippen molar-refractivity contribution in [1.82, 2.24) is 14.9 Å². The van der Waals surface area contributed by atoms with Crippen LogP contribution >= 0.6 is 0 Å². The van der Waals surface area contributed by atoms with Crippen molar-refractivity contribution in [2.24, 2.45) is 0 Å². The molecule has 0 aliphatic carbocycles. The highest BCUT2D eigenvalue weighted by Gasteiger charge is 2.13. The van der Waals surface area contributed by atoms with Gasteiger partial charge in [-0.25, -0.2) is 9.37 Å². The number of halogens is 1. The van der Waals surface area contributed by atoms with Gasteiger partial charge in [0.05, 0.1) is 12.4 Å². The van der Waals surface area contributed by atoms with Crippen LogP contribution in [-0.4, -0.2) is 21.4 Å². The molecule has 2 N–H and O–H groups in total. The van der Waals surface area contributed by atoms with Crippen LogP contribution in [0.25, 0.3) is 5.69 Å². The van der Waals surface area contributed by atoms with E-state index in [0.29, 0.717) is 16.8 Å². The molecule has 4 rings (SSSR count). The number of hydrogen-bond acceptors (Lipinski definition) is 3. The molecular weight excluding hydrogens is 407 g/mol. The van der Waals surface area contributed by atoms with Gasteiger partial charge in [0.1, 0.15) is 5.82 Å². The van der Waals surface area contributed by atoms with Crippen molar-refractivity contribution in [2.45, 2.75) is 13.0 Å². The van der Waals surface area contributed by atoms with Gasteiger partial charge < -0.3 is 15.2 Å². The molecule has 0 aliphatic rings. The highest BCUT2D eigenvalue weighted by Crippen LogP contribution is 2.18. The molecule has 3 aromatic carbocycles. The van der Waals surface area contributed by atoms with Gasteiger partial charge >= 0.3 is 0 Å². The van der Waals surface area contributed by atoms with Gasteiger partial charge in [0.2, 0.25) is 0 Å². The third-order valence-electron chi connectivity index (χ3n) is 5.03. The summed E-state index contributed by atoms with van der Waals surface area (Å²) in [4.78, 5) is 29.1. The Hall–Kier alpha value is -4.26. The summed E-state index contributed by atoms with van der Waals surface area (Å²) >= 11 is 0. The average Bonchev–Trinajstić information content (AvgIpc) is 3.35. The first-order valence-electron chi connectivity index (χ1n) is 10.1. The van der Waals surface area contributed by atoms with E-state index in [0.717, 1.165) is 11.3 Å². The molecule has 7 heteroatoms. The zero-order chi connectivity index (χ0) is 22.5. The first-order chi connectivity index (χ1) is 15.5. The summed E-state index contributed by atoms with van der Waals surface area (Å²) in [6.07, 6.45) is 5.30. The second-order valence-electron chi connectivity index (χ2n) is 7.30. The second kappa shape index (κ2) is 9.26. The maximum atomic E-state index is 13.0. The first-order valence-corrected chi connectivity index (χ1v) is 10.1. The SMILES string of the molecule is CC(NC(=O)c1cccc(NC(=O)c2ccc(F)cc2)c1)c1ccc(-n2ccnc2)cc1. The average molecular weight is 428 g/mol. The predicted molar refractivity (Wildman–Crippen MR) is 120 cm³/mol. The summed E-state index contributed by atoms with van der Waals surface area (Å²) in [6, 6.07) is 19.6. The van der Waals surface area contributed by atoms with Crippen molar-refractivity contribution in [2.75, 3.05) is 5.32 Å². The number of nitrogens with one attached hydrogen (secondary N) is 2. The Morgan fingerprint density at radius 3 is 2.38 bits per heavy atom. The maximum Gasteiger partial charge on any atom is 0.255 e. The smallest absolute Gasteiger partial charge is 0.255 e. The zero-order valence-corrected chi connectivity index (χ0v) is 17.3. The van der Waals surface area contributed by atoms with Crippen LogP contribution in [0.4, 0.5) is 10.1 Å². The van der Waals surface area contributed by atoms with Gasteiger partial charge in [0, 0.05) is 34.9 Å². The minimum Gasteiger partial charge on any atom is -0.346 e. The van der Waals surface area contributed by atoms with Crippen molar-refractivity contribution < 1.29 is 14.0 Å². The largest absolute Gasteiger partial charge is 0.346 e. The number of rotatable bonds is 6. The summed E-state index contributed by atoms with van der Waals surface area (Å²) < 4.78 is 15.0. The molecule has 0 saturated carbocycles. The Morgan fingerprint density at radius 2 is 1.69 bits per heavy atom. The van der Waals surface area contributed by atoms with Crippen LogP contribution in [0.2, 0.25) is 0 Å². The number of aromatic nitrogens is 2. The number of carbonyl (C=O) groups is 2. The van der Waals surface area contributed by atoms with Crippen molar-refractivity contribution in [3.63, 3.8) is 0 Å². The molecule has 4 aromatic rings. The summed E-state index contributed by atoms with van der Waals surface area (Å²) in [5.74, 6) is -1.05. The lowest BCUT2D eigenvalue weighted by Crippen LogP contribution is -2.26. The van der Waals surface area contributed by atoms with Crippen LogP contribution in [0.1, 0.15) is 39.2 Å². The highest BCUT2D eigenvalue weighted by molar-refractivity contribution is 6.05. The Bertz CT molecular complexity index is 1220. The van der Waals surface area contributed by atoms with Crippen molar-refractivity contribution >= 4 is 17.5 Å². The molecular formula is C25H21FN4O2. The Balaban J connectivity index is 1.41. The molecule has 0 aliphatic heterocycles. The molecule has 1 atom stereocenters. The predicted octanol–water partition coefficient (Wildman–Crippen LogP) is 4.75. The van der Waals surface area contributed by atoms with Crippen molar-refractivity contribution in [3.05, 3.63) is 114 Å². The third-order valence-corrected chi connectivity index (χ3v) is 5.03. The normalized spacial score (nSPS) is 11.6. The number of hydrogen-bond donors (Lipinski definition) is 2. The van der Waals surface area contributed by atoms with E-state index >= 15 is 0 Å². The van der Waals surface area contributed by atoms with Gasteiger partial charge in [-0.05, 0) is 67.1 Å². The number of nitrogens with zero attached hydrogens (tertiary/aromatic N) is 2. The molecule has 1 unspecified atom stereocenters. The van der Waals surface area contributed by atoms with Gasteiger partial charge in [-0.1, -0.05) is 18.2 Å². The van der Waals surface area contributed by atoms with Crippen molar-refractivity contribution in [3.8, 4) is 5.69 Å². The summed E-state index contributed by atoms with van der Waals surface area (Å²) in [5, 5.41) is 5.70. The van der Waals surface area contributed by atoms with Gasteiger partial charge in [-0.15, -0.1) is 0 Å². The molecule has 0 bridgehead atoms. The molecule has 160 valence electrons. The quantitative estimate of drug-likeness (QED) is 0.465. The first kappa shape index (κ1) is 21.0. The molecule has 0 saturated heterocycles. The number of benzene rings is 3. The van der Waals surface area contributed by atoms with E-state index in [9.17, 15) is 14.0 Å². The second-order valence-corrected chi connectivity index (χ2v) is 7.30. The highest BCUT2D eigenvalue weighted by atomic mass is 19.1. The fourth-order valence-electron chi connectivity index (χ4n) is 3.25. The fourth-order valence-corrected chi connectivity index (χ4v) is 3.25. The topological polar surface area (TPSA) is 76.0 Å². The van der Waals surface area contributed by atoms with Gasteiger partial charge in [-0.2, -0.15) is 0 Å². The van der Waals surface area contributed by atoms with Gasteiger partial charge in [0.15, 0.2) is 0 Å². The van der Waals surface area contributed by atoms with Crippen LogP contribution in [0.5, 0.6) is 0 Å². The Labute approximate surface area is 184 Å². The van der Waals surface area contributed by atoms with E-state index in [2.05, 4.69) is 15.6 Å². The molecule has 1 aromatic heterocycles. The molecule has 0 fully saturated rings. The van der Waals surface area contributed by atoms with E-state index in [1.165, 1.54) is 24.3 Å². The summed E-state index contributed by atoms with van der Waals surface area (Å²) in [6.45, 7) is 1.91. The lowest BCUT2D eigenvalue weighted by molar-refractivity contribution is 0.0938. The minimum absolute atomic E-state index is 0.211. The molecule has 2 amide bonds. The van der Waals surface area contributed by atoms with Crippen LogP contribution < -0.4 is 10.6 Å². The van der Waals surface area contributed by atoms with Gasteiger partial charge in [0.25, 0.3) is 11.8 Å². The number of anilines is 1. The lowest BCUT2D eigenvalue weighted by Gasteiger charge is -2.15. The Kier molecular flexibility index (Phi) is 6.07. The molecule has 32 heavy (non-hydrogen) atoms. The number of amides is 2. The number of imidazole rings is 1. The van der Waals surface area contributed by atoms with Crippen LogP contribution in [0.15, 0.2) is 91.5 Å². The molecule has 0 spiro atoms. The monoisotopic (exact) mass is 428 g/mol. The lowest BCUT2D eigenvalue weighted by atomic mass is 10.1. The van der Waals surface area contributed by atoms with E-state index < -0.39 is 5.82 Å². The summed E-state index contributed by atoms with van der Waals surface area (Å²) in [7, 11) is 0. The van der Waals surface area contributed by atoms with Crippen molar-refractivity contribution in [1.29, 1.82) is 0 Å². The standard InChI is InChI=1S/C25H21FN4O2/c1-17(18-7-11-23(12-8-18)30-14-13-27-16-30)28-25(32)20-3-2-4-22(15-20)29-24(31)19-5-9-21(26)10-6-19/h2-17H,1H3,(H,28,32)(H,29,31). The van der Waals surface area contributed by atoms with Crippen LogP contribution in [-0.2, 0) is 0 Å². The molecule has 6 nitrogen and oxygen atoms in total. The number of carbonyl (C=O) groups excluding carboxylic acids is 2. The van der Waals surface area contributed by atoms with E-state index in [1.54, 1.807) is 36.8 Å². The minimum atomic E-state index is -0.411. The Morgan fingerprint density at radius 1 is 0.938 bits per heavy atom. The third kappa shape index (κ3) is 4.89. The van der Waals surface area contributed by atoms with Gasteiger partial charge in [-0.3, -0.25) is 9.59 Å². The van der Waals surface area contributed by atoms with E-state index in [-0.39, 0.29) is 17.9 Å². The zero-order valence-electron chi connectivity index (χ0n) is 17.3. The van der Waals surface area contributed by atoms with Crippen LogP contribution in [0, 0.1) is 5.82 Å². The molecule has 1 heterocycles. The van der Waals surface area contributed by atoms with E-state index in [4.69, 9.17) is 0 Å². The summed E-state index contributed by atoms with van der Waals surface area (Å²) in [5.41, 5.74) is 3.17. The molecule has 0 radical (unpaired) electrons. The maximum absolute atomic E-state index is 13.0. The van der Waals surface area contributed by atoms with E-state index in [1.807, 2.05) is 42.0 Å². The fraction of sp³-hybridized carbons (Fsp3) is 0.0800.